The Morgan fingerprint density at radius 3 is 2.81 bits per heavy atom. The molecule has 1 aliphatic rings. The predicted octanol–water partition coefficient (Wildman–Crippen LogP) is 5.17. The molecule has 0 spiro atoms. The molecule has 37 heavy (non-hydrogen) atoms. The third kappa shape index (κ3) is 5.23. The van der Waals surface area contributed by atoms with Gasteiger partial charge in [0, 0.05) is 57.8 Å². The van der Waals surface area contributed by atoms with Gasteiger partial charge in [0.25, 0.3) is 0 Å². The van der Waals surface area contributed by atoms with Gasteiger partial charge in [-0.15, -0.1) is 0 Å². The Labute approximate surface area is 218 Å². The highest BCUT2D eigenvalue weighted by Crippen LogP contribution is 2.36. The maximum absolute atomic E-state index is 4.94. The van der Waals surface area contributed by atoms with Crippen LogP contribution in [-0.2, 0) is 33.4 Å². The number of nitrogens with one attached hydrogen (secondary N) is 1. The molecule has 4 aromatic rings. The van der Waals surface area contributed by atoms with E-state index in [1.54, 1.807) is 4.68 Å². The SMILES string of the molecule is CCC(C)/C=C(\C=NC)c1cccc(Cc2c3c(nn2C)CCc2cnc(Nc4ccn(C)n4)nc2-3)c1. The minimum absolute atomic E-state index is 0.492. The Balaban J connectivity index is 1.50. The maximum Gasteiger partial charge on any atom is 0.228 e. The van der Waals surface area contributed by atoms with Crippen molar-refractivity contribution in [1.29, 1.82) is 0 Å². The van der Waals surface area contributed by atoms with Crippen molar-refractivity contribution < 1.29 is 0 Å². The third-order valence-corrected chi connectivity index (χ3v) is 6.93. The molecule has 0 amide bonds. The van der Waals surface area contributed by atoms with Gasteiger partial charge in [-0.05, 0) is 41.0 Å². The average Bonchev–Trinajstić information content (AvgIpc) is 3.45. The Morgan fingerprint density at radius 1 is 1.19 bits per heavy atom. The summed E-state index contributed by atoms with van der Waals surface area (Å²) in [6, 6.07) is 10.7. The monoisotopic (exact) mass is 494 g/mol. The molecule has 0 saturated carbocycles. The predicted molar refractivity (Wildman–Crippen MR) is 149 cm³/mol. The first-order valence-corrected chi connectivity index (χ1v) is 12.9. The smallest absolute Gasteiger partial charge is 0.228 e. The summed E-state index contributed by atoms with van der Waals surface area (Å²) in [7, 11) is 5.75. The van der Waals surface area contributed by atoms with Gasteiger partial charge in [-0.1, -0.05) is 50.6 Å². The topological polar surface area (TPSA) is 85.8 Å². The summed E-state index contributed by atoms with van der Waals surface area (Å²) in [4.78, 5) is 13.8. The zero-order valence-electron chi connectivity index (χ0n) is 22.2. The molecule has 8 nitrogen and oxygen atoms in total. The first-order valence-electron chi connectivity index (χ1n) is 12.9. The fourth-order valence-corrected chi connectivity index (χ4v) is 4.82. The normalized spacial score (nSPS) is 14.0. The zero-order valence-corrected chi connectivity index (χ0v) is 22.2. The van der Waals surface area contributed by atoms with Crippen molar-refractivity contribution in [1.82, 2.24) is 29.5 Å². The van der Waals surface area contributed by atoms with E-state index in [4.69, 9.17) is 10.1 Å². The van der Waals surface area contributed by atoms with Gasteiger partial charge in [0.2, 0.25) is 5.95 Å². The van der Waals surface area contributed by atoms with E-state index in [-0.39, 0.29) is 0 Å². The van der Waals surface area contributed by atoms with Gasteiger partial charge in [0.15, 0.2) is 5.82 Å². The van der Waals surface area contributed by atoms with Crippen LogP contribution in [0.3, 0.4) is 0 Å². The Morgan fingerprint density at radius 2 is 2.05 bits per heavy atom. The largest absolute Gasteiger partial charge is 0.307 e. The number of aryl methyl sites for hydroxylation is 4. The molecule has 0 saturated heterocycles. The average molecular weight is 495 g/mol. The molecule has 8 heteroatoms. The number of hydrogen-bond acceptors (Lipinski definition) is 6. The maximum atomic E-state index is 4.94. The van der Waals surface area contributed by atoms with Gasteiger partial charge in [-0.25, -0.2) is 9.97 Å². The van der Waals surface area contributed by atoms with Crippen molar-refractivity contribution in [3.8, 4) is 11.3 Å². The van der Waals surface area contributed by atoms with Crippen LogP contribution in [0.5, 0.6) is 0 Å². The minimum atomic E-state index is 0.492. The van der Waals surface area contributed by atoms with Crippen molar-refractivity contribution in [2.45, 2.75) is 39.5 Å². The molecular weight excluding hydrogens is 460 g/mol. The highest BCUT2D eigenvalue weighted by Gasteiger charge is 2.26. The molecule has 1 aromatic carbocycles. The highest BCUT2D eigenvalue weighted by molar-refractivity contribution is 6.09. The van der Waals surface area contributed by atoms with Crippen molar-refractivity contribution in [2.24, 2.45) is 25.0 Å². The Hall–Kier alpha value is -4.07. The van der Waals surface area contributed by atoms with Crippen LogP contribution < -0.4 is 5.32 Å². The van der Waals surface area contributed by atoms with Gasteiger partial charge in [0.1, 0.15) is 0 Å². The lowest BCUT2D eigenvalue weighted by molar-refractivity contribution is 0.700. The summed E-state index contributed by atoms with van der Waals surface area (Å²) in [5.74, 6) is 1.75. The number of rotatable bonds is 8. The van der Waals surface area contributed by atoms with Crippen LogP contribution >= 0.6 is 0 Å². The first kappa shape index (κ1) is 24.6. The second-order valence-electron chi connectivity index (χ2n) is 9.73. The molecule has 1 N–H and O–H groups in total. The number of hydrogen-bond donors (Lipinski definition) is 1. The summed E-state index contributed by atoms with van der Waals surface area (Å²) < 4.78 is 3.77. The lowest BCUT2D eigenvalue weighted by Crippen LogP contribution is -2.09. The number of benzene rings is 1. The van der Waals surface area contributed by atoms with E-state index in [2.05, 4.69) is 64.6 Å². The molecule has 1 unspecified atom stereocenters. The van der Waals surface area contributed by atoms with E-state index in [1.165, 1.54) is 11.1 Å². The quantitative estimate of drug-likeness (QED) is 0.341. The number of aromatic nitrogens is 6. The summed E-state index contributed by atoms with van der Waals surface area (Å²) in [6.45, 7) is 4.45. The molecule has 190 valence electrons. The lowest BCUT2D eigenvalue weighted by atomic mass is 9.91. The summed E-state index contributed by atoms with van der Waals surface area (Å²) >= 11 is 0. The molecule has 3 heterocycles. The van der Waals surface area contributed by atoms with Gasteiger partial charge in [0.05, 0.1) is 17.1 Å². The molecule has 0 fully saturated rings. The molecule has 0 aliphatic heterocycles. The van der Waals surface area contributed by atoms with Crippen molar-refractivity contribution in [3.63, 3.8) is 0 Å². The van der Waals surface area contributed by atoms with E-state index in [0.29, 0.717) is 11.9 Å². The summed E-state index contributed by atoms with van der Waals surface area (Å²) in [6.07, 6.45) is 11.7. The Bertz CT molecular complexity index is 1470. The second-order valence-corrected chi connectivity index (χ2v) is 9.73. The zero-order chi connectivity index (χ0) is 25.9. The van der Waals surface area contributed by atoms with E-state index in [0.717, 1.165) is 65.3 Å². The van der Waals surface area contributed by atoms with Gasteiger partial charge < -0.3 is 5.32 Å². The van der Waals surface area contributed by atoms with E-state index < -0.39 is 0 Å². The lowest BCUT2D eigenvalue weighted by Gasteiger charge is -2.17. The van der Waals surface area contributed by atoms with Crippen LogP contribution in [-0.4, -0.2) is 42.8 Å². The molecule has 5 rings (SSSR count). The fourth-order valence-electron chi connectivity index (χ4n) is 4.82. The van der Waals surface area contributed by atoms with Gasteiger partial charge in [-0.3, -0.25) is 14.4 Å². The molecule has 1 aliphatic carbocycles. The minimum Gasteiger partial charge on any atom is -0.307 e. The Kier molecular flexibility index (Phi) is 6.99. The van der Waals surface area contributed by atoms with Gasteiger partial charge >= 0.3 is 0 Å². The number of anilines is 2. The first-order chi connectivity index (χ1) is 17.9. The van der Waals surface area contributed by atoms with E-state index >= 15 is 0 Å². The molecule has 0 radical (unpaired) electrons. The van der Waals surface area contributed by atoms with Crippen LogP contribution in [0, 0.1) is 5.92 Å². The van der Waals surface area contributed by atoms with Crippen LogP contribution in [0.2, 0.25) is 0 Å². The van der Waals surface area contributed by atoms with Crippen molar-refractivity contribution in [2.75, 3.05) is 12.4 Å². The van der Waals surface area contributed by atoms with Crippen molar-refractivity contribution >= 4 is 23.6 Å². The van der Waals surface area contributed by atoms with Gasteiger partial charge in [-0.2, -0.15) is 10.2 Å². The summed E-state index contributed by atoms with van der Waals surface area (Å²) in [5, 5.41) is 12.5. The fraction of sp³-hybridized carbons (Fsp3) is 0.345. The number of aliphatic imine (C=N–C) groups is 1. The summed E-state index contributed by atoms with van der Waals surface area (Å²) in [5.41, 5.74) is 9.08. The molecule has 0 bridgehead atoms. The molecule has 3 aromatic heterocycles. The number of nitrogens with zero attached hydrogens (tertiary/aromatic N) is 7. The third-order valence-electron chi connectivity index (χ3n) is 6.93. The second kappa shape index (κ2) is 10.5. The van der Waals surface area contributed by atoms with Crippen LogP contribution in [0.25, 0.3) is 16.8 Å². The van der Waals surface area contributed by atoms with E-state index in [1.807, 2.05) is 50.5 Å². The van der Waals surface area contributed by atoms with E-state index in [9.17, 15) is 0 Å². The highest BCUT2D eigenvalue weighted by atomic mass is 15.3. The van der Waals surface area contributed by atoms with Crippen molar-refractivity contribution in [3.05, 3.63) is 76.9 Å². The molecular formula is C29H34N8. The molecule has 1 atom stereocenters. The van der Waals surface area contributed by atoms with Crippen LogP contribution in [0.4, 0.5) is 11.8 Å². The van der Waals surface area contributed by atoms with Crippen LogP contribution in [0.15, 0.2) is 53.8 Å². The van der Waals surface area contributed by atoms with Crippen LogP contribution in [0.1, 0.15) is 48.3 Å². The number of fused-ring (bicyclic) bond motifs is 3. The standard InChI is InChI=1S/C29H34N8/c1-6-19(2)14-23(17-30-3)21-9-7-8-20(15-21)16-25-27-24(34-37(25)5)11-10-22-18-31-29(33-28(22)27)32-26-12-13-36(4)35-26/h7-9,12-15,17-19H,6,10-11,16H2,1-5H3,(H,31,32,33,35)/b23-14+,30-17?. The number of allylic oxidation sites excluding steroid dienone is 2.